The first-order valence-corrected chi connectivity index (χ1v) is 34.2. The van der Waals surface area contributed by atoms with E-state index in [1.807, 2.05) is 47.6 Å². The molecule has 2 amide bonds. The van der Waals surface area contributed by atoms with Crippen molar-refractivity contribution >= 4 is 65.2 Å². The van der Waals surface area contributed by atoms with Crippen molar-refractivity contribution in [3.8, 4) is 0 Å². The number of hydrogen-bond donors (Lipinski definition) is 5. The van der Waals surface area contributed by atoms with E-state index in [1.54, 1.807) is 0 Å². The molecular formula is C71H118N4O10S. The number of H-pyrrole nitrogens is 1. The number of amides is 2. The molecule has 0 radical (unpaired) electrons. The van der Waals surface area contributed by atoms with Gasteiger partial charge in [-0.15, -0.1) is 11.8 Å². The Bertz CT molecular complexity index is 2570. The maximum absolute atomic E-state index is 15.8. The zero-order valence-electron chi connectivity index (χ0n) is 57.8. The molecule has 14 nitrogen and oxygen atoms in total. The van der Waals surface area contributed by atoms with Crippen molar-refractivity contribution in [3.05, 3.63) is 33.7 Å². The topological polar surface area (TPSA) is 214 Å². The number of hydrogen-bond acceptors (Lipinski definition) is 10. The molecule has 5 N–H and O–H groups in total. The highest BCUT2D eigenvalue weighted by atomic mass is 32.2. The van der Waals surface area contributed by atoms with Crippen LogP contribution in [0.1, 0.15) is 283 Å². The van der Waals surface area contributed by atoms with Crippen molar-refractivity contribution in [3.63, 3.8) is 0 Å². The quantitative estimate of drug-likeness (QED) is 0.0435. The fourth-order valence-electron chi connectivity index (χ4n) is 14.5. The summed E-state index contributed by atoms with van der Waals surface area (Å²) in [7, 11) is 0. The third kappa shape index (κ3) is 17.9. The summed E-state index contributed by atoms with van der Waals surface area (Å²) in [5, 5.41) is 24.5. The van der Waals surface area contributed by atoms with Crippen molar-refractivity contribution in [2.75, 3.05) is 11.1 Å². The molecule has 2 aliphatic carbocycles. The average Bonchev–Trinajstić information content (AvgIpc) is 1.66. The zero-order valence-corrected chi connectivity index (χ0v) is 58.6. The van der Waals surface area contributed by atoms with Gasteiger partial charge in [-0.05, 0) is 139 Å². The molecule has 4 rings (SSSR count). The molecule has 0 saturated heterocycles. The standard InChI is InChI=1S/C71H118N4O10S/c1-24-29-32-70(25-2,26-3)64(82)74-59-55(62(80)84-57-45(66(12,13)14)35-43(10)36-46(57)67(15,16)17)53(41(6)7)49(72-59)39-50-54(42(8)9)56(63(81)85-58-47(68(18,19)20)37-44(11)38-48(58)69(21,22)23)60(73-50)75-65(83)71(27-4,28-5)33-30-31-34-86-51(61(78)79)40-52(76)77/h39,41-48,51,57-58,72H,24-38,40H2,1-23H3,(H,74,82)(H,76,77)(H,78,79)(H,73,75,83). The molecule has 1 aromatic heterocycles. The minimum absolute atomic E-state index is 0.0321. The summed E-state index contributed by atoms with van der Waals surface area (Å²) >= 11 is 1.09. The predicted molar refractivity (Wildman–Crippen MR) is 352 cm³/mol. The molecule has 0 bridgehead atoms. The number of nitrogens with one attached hydrogen (secondary N) is 3. The van der Waals surface area contributed by atoms with E-state index in [9.17, 15) is 19.8 Å². The van der Waals surface area contributed by atoms with Gasteiger partial charge in [-0.3, -0.25) is 19.2 Å². The maximum atomic E-state index is 15.8. The number of aromatic amines is 1. The third-order valence-corrected chi connectivity index (χ3v) is 21.5. The number of thioether (sulfide) groups is 1. The number of ether oxygens (including phenoxy) is 2. The van der Waals surface area contributed by atoms with E-state index in [1.165, 1.54) is 0 Å². The molecule has 1 aliphatic heterocycles. The molecule has 5 unspecified atom stereocenters. The van der Waals surface area contributed by atoms with Crippen molar-refractivity contribution in [1.82, 2.24) is 10.3 Å². The number of carbonyl (C=O) groups excluding carboxylic acids is 4. The van der Waals surface area contributed by atoms with E-state index >= 15 is 19.2 Å². The summed E-state index contributed by atoms with van der Waals surface area (Å²) in [5.41, 5.74) is 0.230. The number of anilines is 1. The summed E-state index contributed by atoms with van der Waals surface area (Å²) < 4.78 is 14.0. The van der Waals surface area contributed by atoms with Crippen LogP contribution in [0, 0.1) is 73.9 Å². The molecule has 5 atom stereocenters. The summed E-state index contributed by atoms with van der Waals surface area (Å²) in [5.74, 6) is -2.70. The Hall–Kier alpha value is -4.40. The van der Waals surface area contributed by atoms with Crippen LogP contribution < -0.4 is 10.6 Å². The Morgan fingerprint density at radius 3 is 1.44 bits per heavy atom. The first-order chi connectivity index (χ1) is 39.7. The number of carbonyl (C=O) groups is 6. The molecule has 3 aliphatic rings. The van der Waals surface area contributed by atoms with Gasteiger partial charge in [0.1, 0.15) is 40.2 Å². The lowest BCUT2D eigenvalue weighted by Crippen LogP contribution is -2.50. The van der Waals surface area contributed by atoms with E-state index < -0.39 is 58.6 Å². The molecule has 15 heteroatoms. The van der Waals surface area contributed by atoms with Gasteiger partial charge in [0, 0.05) is 40.2 Å². The van der Waals surface area contributed by atoms with Gasteiger partial charge in [-0.25, -0.2) is 14.6 Å². The number of esters is 2. The van der Waals surface area contributed by atoms with Crippen LogP contribution in [0.25, 0.3) is 6.08 Å². The molecule has 1 aromatic rings. The smallest absolute Gasteiger partial charge is 0.342 e. The van der Waals surface area contributed by atoms with Crippen LogP contribution in [-0.2, 0) is 33.4 Å². The highest BCUT2D eigenvalue weighted by molar-refractivity contribution is 8.00. The average molecular weight is 1220 g/mol. The Labute approximate surface area is 524 Å². The van der Waals surface area contributed by atoms with E-state index in [2.05, 4.69) is 133 Å². The summed E-state index contributed by atoms with van der Waals surface area (Å²) in [6.45, 7) is 49.5. The summed E-state index contributed by atoms with van der Waals surface area (Å²) in [6, 6.07) is 0. The fraction of sp³-hybridized carbons (Fsp3) is 0.789. The van der Waals surface area contributed by atoms with Gasteiger partial charge in [-0.2, -0.15) is 0 Å². The SMILES string of the molecule is CCCCC(CC)(CC)C(=O)Nc1[nH]c(C=C2N=C(NC(=O)C(CC)(CC)CCCCSC(CC(=O)O)C(=O)O)C(C(=O)OC3C(C(C)(C)C)CC(C)CC3C(C)(C)C)=C2C(C)C)c(C(C)C)c1C(=O)OC1C(C(C)(C)C)CC(C)CC1C(C)(C)C. The lowest BCUT2D eigenvalue weighted by atomic mass is 9.59. The highest BCUT2D eigenvalue weighted by Crippen LogP contribution is 2.53. The number of carboxylic acids is 2. The summed E-state index contributed by atoms with van der Waals surface area (Å²) in [6.07, 6.45) is 10.3. The molecule has 2 fully saturated rings. The molecule has 0 spiro atoms. The predicted octanol–water partition coefficient (Wildman–Crippen LogP) is 17.5. The van der Waals surface area contributed by atoms with Gasteiger partial charge in [0.2, 0.25) is 11.8 Å². The first kappa shape index (κ1) is 74.1. The molecular weight excluding hydrogens is 1100 g/mol. The van der Waals surface area contributed by atoms with Gasteiger partial charge < -0.3 is 35.3 Å². The van der Waals surface area contributed by atoms with E-state index in [0.29, 0.717) is 91.5 Å². The zero-order chi connectivity index (χ0) is 65.4. The van der Waals surface area contributed by atoms with Gasteiger partial charge in [-0.1, -0.05) is 179 Å². The number of aliphatic carboxylic acids is 2. The van der Waals surface area contributed by atoms with Crippen molar-refractivity contribution in [1.29, 1.82) is 0 Å². The van der Waals surface area contributed by atoms with Gasteiger partial charge in [0.25, 0.3) is 0 Å². The molecule has 2 heterocycles. The number of carboxylic acid groups (broad SMARTS) is 2. The van der Waals surface area contributed by atoms with Crippen LogP contribution >= 0.6 is 11.8 Å². The van der Waals surface area contributed by atoms with Gasteiger partial charge in [0.05, 0.1) is 12.1 Å². The lowest BCUT2D eigenvalue weighted by molar-refractivity contribution is -0.164. The number of amidine groups is 1. The monoisotopic (exact) mass is 1220 g/mol. The van der Waals surface area contributed by atoms with E-state index in [-0.39, 0.29) is 91.8 Å². The number of rotatable bonds is 26. The Balaban J connectivity index is 2.06. The number of aliphatic imine (C=N–C) groups is 1. The summed E-state index contributed by atoms with van der Waals surface area (Å²) in [4.78, 5) is 93.9. The normalized spacial score (nSPS) is 23.6. The second-order valence-electron chi connectivity index (χ2n) is 31.3. The lowest BCUT2D eigenvalue weighted by Gasteiger charge is -2.50. The molecule has 2 saturated carbocycles. The van der Waals surface area contributed by atoms with Gasteiger partial charge in [0.15, 0.2) is 0 Å². The fourth-order valence-corrected chi connectivity index (χ4v) is 15.6. The van der Waals surface area contributed by atoms with Crippen LogP contribution in [-0.4, -0.2) is 79.9 Å². The Morgan fingerprint density at radius 1 is 0.628 bits per heavy atom. The van der Waals surface area contributed by atoms with Crippen LogP contribution in [0.2, 0.25) is 0 Å². The van der Waals surface area contributed by atoms with Crippen LogP contribution in [0.5, 0.6) is 0 Å². The largest absolute Gasteiger partial charge is 0.481 e. The Kier molecular flexibility index (Phi) is 25.8. The first-order valence-electron chi connectivity index (χ1n) is 33.1. The Morgan fingerprint density at radius 2 is 1.06 bits per heavy atom. The van der Waals surface area contributed by atoms with Crippen molar-refractivity contribution in [2.45, 2.75) is 279 Å². The number of nitrogens with zero attached hydrogens (tertiary/aromatic N) is 1. The minimum Gasteiger partial charge on any atom is -0.481 e. The third-order valence-electron chi connectivity index (χ3n) is 20.2. The van der Waals surface area contributed by atoms with E-state index in [4.69, 9.17) is 14.5 Å². The van der Waals surface area contributed by atoms with E-state index in [0.717, 1.165) is 50.3 Å². The highest BCUT2D eigenvalue weighted by Gasteiger charge is 2.51. The second-order valence-corrected chi connectivity index (χ2v) is 32.6. The van der Waals surface area contributed by atoms with Crippen LogP contribution in [0.3, 0.4) is 0 Å². The second kappa shape index (κ2) is 29.9. The van der Waals surface area contributed by atoms with Crippen molar-refractivity contribution in [2.24, 2.45) is 78.9 Å². The number of unbranched alkanes of at least 4 members (excludes halogenated alkanes) is 2. The van der Waals surface area contributed by atoms with Crippen LogP contribution in [0.4, 0.5) is 5.82 Å². The molecule has 488 valence electrons. The number of aromatic nitrogens is 1. The maximum Gasteiger partial charge on any atom is 0.342 e. The molecule has 86 heavy (non-hydrogen) atoms. The van der Waals surface area contributed by atoms with Gasteiger partial charge >= 0.3 is 23.9 Å². The minimum atomic E-state index is -1.17. The van der Waals surface area contributed by atoms with Crippen molar-refractivity contribution < 1.29 is 48.5 Å². The molecule has 0 aromatic carbocycles. The van der Waals surface area contributed by atoms with Crippen LogP contribution in [0.15, 0.2) is 21.8 Å². The number of allylic oxidation sites excluding steroid dienone is 1.